The fraction of sp³-hybridized carbons (Fsp3) is 0.444. The van der Waals surface area contributed by atoms with E-state index < -0.39 is 0 Å². The Hall–Kier alpha value is -0.810. The van der Waals surface area contributed by atoms with Gasteiger partial charge >= 0.3 is 0 Å². The molecular formula is C9H11NS. The molecule has 0 saturated heterocycles. The summed E-state index contributed by atoms with van der Waals surface area (Å²) in [5.41, 5.74) is 2.07. The Bertz CT molecular complexity index is 291. The highest BCUT2D eigenvalue weighted by atomic mass is 32.1. The standard InChI is InChI=1S/C9H11NS/c1-6(2)9-5-11-7(3)8(9)4-10/h5-6H,1-3H3. The van der Waals surface area contributed by atoms with Gasteiger partial charge in [0.05, 0.1) is 5.56 Å². The summed E-state index contributed by atoms with van der Waals surface area (Å²) in [5, 5.41) is 10.9. The number of hydrogen-bond acceptors (Lipinski definition) is 2. The van der Waals surface area contributed by atoms with Gasteiger partial charge in [0.25, 0.3) is 0 Å². The third-order valence-electron chi connectivity index (χ3n) is 1.74. The Balaban J connectivity index is 3.19. The van der Waals surface area contributed by atoms with Crippen molar-refractivity contribution < 1.29 is 0 Å². The molecule has 0 aliphatic carbocycles. The second kappa shape index (κ2) is 3.06. The topological polar surface area (TPSA) is 23.8 Å². The average Bonchev–Trinajstić information content (AvgIpc) is 2.30. The molecule has 0 unspecified atom stereocenters. The fourth-order valence-corrected chi connectivity index (χ4v) is 2.02. The van der Waals surface area contributed by atoms with Crippen molar-refractivity contribution in [2.75, 3.05) is 0 Å². The molecule has 58 valence electrons. The van der Waals surface area contributed by atoms with Crippen LogP contribution in [0.2, 0.25) is 0 Å². The van der Waals surface area contributed by atoms with Gasteiger partial charge in [0.2, 0.25) is 0 Å². The number of thiophene rings is 1. The van der Waals surface area contributed by atoms with Crippen molar-refractivity contribution in [1.29, 1.82) is 5.26 Å². The highest BCUT2D eigenvalue weighted by molar-refractivity contribution is 7.10. The molecule has 1 aromatic rings. The molecule has 0 amide bonds. The second-order valence-electron chi connectivity index (χ2n) is 2.89. The van der Waals surface area contributed by atoms with Crippen LogP contribution in [0.5, 0.6) is 0 Å². The van der Waals surface area contributed by atoms with Crippen LogP contribution in [-0.2, 0) is 0 Å². The first kappa shape index (κ1) is 8.29. The van der Waals surface area contributed by atoms with Crippen LogP contribution in [0, 0.1) is 18.3 Å². The molecule has 0 N–H and O–H groups in total. The van der Waals surface area contributed by atoms with E-state index in [1.54, 1.807) is 11.3 Å². The Morgan fingerprint density at radius 1 is 1.55 bits per heavy atom. The van der Waals surface area contributed by atoms with Gasteiger partial charge in [-0.3, -0.25) is 0 Å². The van der Waals surface area contributed by atoms with Gasteiger partial charge in [0.1, 0.15) is 6.07 Å². The van der Waals surface area contributed by atoms with Gasteiger partial charge in [-0.25, -0.2) is 0 Å². The maximum atomic E-state index is 8.79. The minimum atomic E-state index is 0.467. The largest absolute Gasteiger partial charge is 0.192 e. The lowest BCUT2D eigenvalue weighted by atomic mass is 10.0. The van der Waals surface area contributed by atoms with Crippen LogP contribution in [0.15, 0.2) is 5.38 Å². The zero-order chi connectivity index (χ0) is 8.43. The predicted octanol–water partition coefficient (Wildman–Crippen LogP) is 3.05. The van der Waals surface area contributed by atoms with Crippen molar-refractivity contribution in [2.24, 2.45) is 0 Å². The van der Waals surface area contributed by atoms with Gasteiger partial charge in [-0.05, 0) is 23.8 Å². The first-order valence-electron chi connectivity index (χ1n) is 3.65. The number of nitriles is 1. The monoisotopic (exact) mass is 165 g/mol. The maximum Gasteiger partial charge on any atom is 0.101 e. The number of aryl methyl sites for hydroxylation is 1. The van der Waals surface area contributed by atoms with Crippen molar-refractivity contribution in [2.45, 2.75) is 26.7 Å². The summed E-state index contributed by atoms with van der Waals surface area (Å²) in [4.78, 5) is 1.14. The zero-order valence-corrected chi connectivity index (χ0v) is 7.83. The quantitative estimate of drug-likeness (QED) is 0.627. The maximum absolute atomic E-state index is 8.79. The minimum Gasteiger partial charge on any atom is -0.192 e. The van der Waals surface area contributed by atoms with E-state index in [4.69, 9.17) is 5.26 Å². The van der Waals surface area contributed by atoms with E-state index in [1.807, 2.05) is 6.92 Å². The van der Waals surface area contributed by atoms with Crippen LogP contribution in [-0.4, -0.2) is 0 Å². The van der Waals surface area contributed by atoms with Crippen molar-refractivity contribution in [3.63, 3.8) is 0 Å². The summed E-state index contributed by atoms with van der Waals surface area (Å²) in [7, 11) is 0. The van der Waals surface area contributed by atoms with Gasteiger partial charge in [0.15, 0.2) is 0 Å². The van der Waals surface area contributed by atoms with E-state index in [0.717, 1.165) is 10.4 Å². The molecule has 0 fully saturated rings. The third kappa shape index (κ3) is 1.44. The van der Waals surface area contributed by atoms with Crippen molar-refractivity contribution in [1.82, 2.24) is 0 Å². The summed E-state index contributed by atoms with van der Waals surface area (Å²) in [6.07, 6.45) is 0. The molecule has 0 aliphatic heterocycles. The van der Waals surface area contributed by atoms with Gasteiger partial charge in [0, 0.05) is 4.88 Å². The van der Waals surface area contributed by atoms with Crippen molar-refractivity contribution in [3.05, 3.63) is 21.4 Å². The fourth-order valence-electron chi connectivity index (χ4n) is 1.04. The van der Waals surface area contributed by atoms with Crippen LogP contribution in [0.4, 0.5) is 0 Å². The Labute approximate surface area is 71.3 Å². The number of nitrogens with zero attached hydrogens (tertiary/aromatic N) is 1. The summed E-state index contributed by atoms with van der Waals surface area (Å²) in [5.74, 6) is 0.467. The normalized spacial score (nSPS) is 10.1. The lowest BCUT2D eigenvalue weighted by Crippen LogP contribution is -1.87. The lowest BCUT2D eigenvalue weighted by Gasteiger charge is -2.00. The second-order valence-corrected chi connectivity index (χ2v) is 3.97. The van der Waals surface area contributed by atoms with Crippen LogP contribution in [0.1, 0.15) is 35.8 Å². The first-order valence-corrected chi connectivity index (χ1v) is 4.53. The van der Waals surface area contributed by atoms with Gasteiger partial charge in [-0.2, -0.15) is 5.26 Å². The SMILES string of the molecule is Cc1scc(C(C)C)c1C#N. The van der Waals surface area contributed by atoms with E-state index in [2.05, 4.69) is 25.3 Å². The molecule has 0 atom stereocenters. The molecule has 0 spiro atoms. The highest BCUT2D eigenvalue weighted by Crippen LogP contribution is 2.26. The molecule has 0 bridgehead atoms. The number of hydrogen-bond donors (Lipinski definition) is 0. The highest BCUT2D eigenvalue weighted by Gasteiger charge is 2.09. The molecule has 1 heterocycles. The van der Waals surface area contributed by atoms with E-state index in [0.29, 0.717) is 5.92 Å². The Kier molecular flexibility index (Phi) is 2.31. The van der Waals surface area contributed by atoms with Gasteiger partial charge in [-0.15, -0.1) is 11.3 Å². The third-order valence-corrected chi connectivity index (χ3v) is 2.67. The molecule has 1 nitrogen and oxygen atoms in total. The predicted molar refractivity (Wildman–Crippen MR) is 47.9 cm³/mol. The molecule has 0 radical (unpaired) electrons. The van der Waals surface area contributed by atoms with Gasteiger partial charge in [-0.1, -0.05) is 13.8 Å². The first-order chi connectivity index (χ1) is 5.16. The smallest absolute Gasteiger partial charge is 0.101 e. The zero-order valence-electron chi connectivity index (χ0n) is 7.01. The molecule has 1 aromatic heterocycles. The summed E-state index contributed by atoms with van der Waals surface area (Å²) in [6.45, 7) is 6.22. The van der Waals surface area contributed by atoms with Crippen LogP contribution < -0.4 is 0 Å². The van der Waals surface area contributed by atoms with E-state index in [1.165, 1.54) is 5.56 Å². The van der Waals surface area contributed by atoms with Crippen LogP contribution in [0.3, 0.4) is 0 Å². The molecule has 0 aliphatic rings. The van der Waals surface area contributed by atoms with E-state index in [9.17, 15) is 0 Å². The summed E-state index contributed by atoms with van der Waals surface area (Å²) >= 11 is 1.66. The number of rotatable bonds is 1. The van der Waals surface area contributed by atoms with Crippen LogP contribution >= 0.6 is 11.3 Å². The van der Waals surface area contributed by atoms with Crippen LogP contribution in [0.25, 0.3) is 0 Å². The van der Waals surface area contributed by atoms with Gasteiger partial charge < -0.3 is 0 Å². The lowest BCUT2D eigenvalue weighted by molar-refractivity contribution is 0.867. The van der Waals surface area contributed by atoms with E-state index >= 15 is 0 Å². The molecule has 0 aromatic carbocycles. The summed E-state index contributed by atoms with van der Waals surface area (Å²) < 4.78 is 0. The van der Waals surface area contributed by atoms with Crippen molar-refractivity contribution in [3.8, 4) is 6.07 Å². The van der Waals surface area contributed by atoms with E-state index in [-0.39, 0.29) is 0 Å². The molecule has 1 rings (SSSR count). The van der Waals surface area contributed by atoms with Crippen molar-refractivity contribution >= 4 is 11.3 Å². The summed E-state index contributed by atoms with van der Waals surface area (Å²) in [6, 6.07) is 2.24. The Morgan fingerprint density at radius 2 is 2.18 bits per heavy atom. The Morgan fingerprint density at radius 3 is 2.55 bits per heavy atom. The molecule has 11 heavy (non-hydrogen) atoms. The molecule has 2 heteroatoms. The molecule has 0 saturated carbocycles. The minimum absolute atomic E-state index is 0.467. The molecular weight excluding hydrogens is 154 g/mol. The average molecular weight is 165 g/mol.